The first-order chi connectivity index (χ1) is 8.05. The Morgan fingerprint density at radius 3 is 2.76 bits per heavy atom. The average Bonchev–Trinajstić information content (AvgIpc) is 3.11. The summed E-state index contributed by atoms with van der Waals surface area (Å²) in [6.45, 7) is 3.12. The van der Waals surface area contributed by atoms with E-state index in [1.807, 2.05) is 0 Å². The number of hydrogen-bond acceptors (Lipinski definition) is 3. The van der Waals surface area contributed by atoms with Crippen LogP contribution in [0.5, 0.6) is 0 Å². The van der Waals surface area contributed by atoms with E-state index >= 15 is 0 Å². The lowest BCUT2D eigenvalue weighted by atomic mass is 10.0. The lowest BCUT2D eigenvalue weighted by Crippen LogP contribution is -2.58. The van der Waals surface area contributed by atoms with Gasteiger partial charge in [0.05, 0.1) is 13.2 Å². The highest BCUT2D eigenvalue weighted by Gasteiger charge is 2.40. The number of carbonyl (C=O) groups excluding carboxylic acids is 2. The minimum Gasteiger partial charge on any atom is -0.362 e. The van der Waals surface area contributed by atoms with Gasteiger partial charge in [-0.05, 0) is 25.7 Å². The predicted molar refractivity (Wildman–Crippen MR) is 62.3 cm³/mol. The minimum absolute atomic E-state index is 0.158. The van der Waals surface area contributed by atoms with Gasteiger partial charge in [0.25, 0.3) is 5.91 Å². The second-order valence-electron chi connectivity index (χ2n) is 5.12. The summed E-state index contributed by atoms with van der Waals surface area (Å²) in [5, 5.41) is 2.59. The summed E-state index contributed by atoms with van der Waals surface area (Å²) in [5.41, 5.74) is -0.897. The Morgan fingerprint density at radius 1 is 1.47 bits per heavy atom. The molecule has 0 bridgehead atoms. The predicted octanol–water partition coefficient (Wildman–Crippen LogP) is 0.150. The number of amides is 2. The maximum absolute atomic E-state index is 12.0. The normalized spacial score (nSPS) is 28.9. The van der Waals surface area contributed by atoms with E-state index < -0.39 is 5.60 Å². The van der Waals surface area contributed by atoms with Crippen molar-refractivity contribution in [1.82, 2.24) is 10.2 Å². The van der Waals surface area contributed by atoms with E-state index in [0.29, 0.717) is 32.0 Å². The van der Waals surface area contributed by atoms with Crippen molar-refractivity contribution in [3.63, 3.8) is 0 Å². The van der Waals surface area contributed by atoms with Gasteiger partial charge in [0.2, 0.25) is 5.91 Å². The van der Waals surface area contributed by atoms with E-state index in [1.165, 1.54) is 12.8 Å². The van der Waals surface area contributed by atoms with Gasteiger partial charge >= 0.3 is 0 Å². The van der Waals surface area contributed by atoms with Crippen LogP contribution in [0.1, 0.15) is 26.2 Å². The van der Waals surface area contributed by atoms with E-state index in [9.17, 15) is 9.59 Å². The van der Waals surface area contributed by atoms with Crippen molar-refractivity contribution in [2.45, 2.75) is 31.8 Å². The van der Waals surface area contributed by atoms with Crippen LogP contribution >= 0.6 is 0 Å². The Kier molecular flexibility index (Phi) is 3.38. The Morgan fingerprint density at radius 2 is 2.18 bits per heavy atom. The molecule has 1 heterocycles. The van der Waals surface area contributed by atoms with Gasteiger partial charge in [-0.15, -0.1) is 0 Å². The summed E-state index contributed by atoms with van der Waals surface area (Å²) >= 11 is 0. The van der Waals surface area contributed by atoms with Crippen molar-refractivity contribution >= 4 is 11.8 Å². The number of hydrogen-bond donors (Lipinski definition) is 1. The third kappa shape index (κ3) is 2.77. The average molecular weight is 240 g/mol. The zero-order chi connectivity index (χ0) is 12.5. The van der Waals surface area contributed by atoms with Gasteiger partial charge in [0.15, 0.2) is 5.60 Å². The third-order valence-electron chi connectivity index (χ3n) is 3.49. The van der Waals surface area contributed by atoms with Gasteiger partial charge in [-0.1, -0.05) is 0 Å². The fourth-order valence-electron chi connectivity index (χ4n) is 2.18. The van der Waals surface area contributed by atoms with Crippen LogP contribution in [-0.4, -0.2) is 49.1 Å². The minimum atomic E-state index is -0.897. The van der Waals surface area contributed by atoms with Crippen LogP contribution in [0.15, 0.2) is 0 Å². The van der Waals surface area contributed by atoms with Gasteiger partial charge in [0, 0.05) is 20.0 Å². The number of nitrogens with one attached hydrogen (secondary N) is 1. The second-order valence-corrected chi connectivity index (χ2v) is 5.12. The number of likely N-dealkylation sites (N-methyl/N-ethyl adjacent to an activating group) is 1. The summed E-state index contributed by atoms with van der Waals surface area (Å²) in [7, 11) is 1.59. The molecule has 2 aliphatic rings. The first kappa shape index (κ1) is 12.4. The van der Waals surface area contributed by atoms with Crippen LogP contribution in [-0.2, 0) is 14.3 Å². The molecule has 1 saturated carbocycles. The molecule has 1 saturated heterocycles. The van der Waals surface area contributed by atoms with Gasteiger partial charge in [-0.25, -0.2) is 0 Å². The van der Waals surface area contributed by atoms with Crippen molar-refractivity contribution in [1.29, 1.82) is 0 Å². The number of carbonyl (C=O) groups is 2. The molecule has 2 fully saturated rings. The van der Waals surface area contributed by atoms with Crippen LogP contribution in [0.25, 0.3) is 0 Å². The highest BCUT2D eigenvalue weighted by Crippen LogP contribution is 2.33. The molecule has 1 atom stereocenters. The van der Waals surface area contributed by atoms with Crippen LogP contribution in [0.4, 0.5) is 0 Å². The molecule has 1 aliphatic carbocycles. The van der Waals surface area contributed by atoms with E-state index in [1.54, 1.807) is 18.9 Å². The van der Waals surface area contributed by atoms with Crippen molar-refractivity contribution in [2.75, 3.05) is 26.7 Å². The standard InChI is InChI=1S/C12H20N2O3/c1-12(11(16)13-2)8-14(5-6-17-12)10(15)7-9-3-4-9/h9H,3-8H2,1-2H3,(H,13,16)/t12-/m1/s1. The lowest BCUT2D eigenvalue weighted by molar-refractivity contribution is -0.162. The molecule has 0 aromatic heterocycles. The van der Waals surface area contributed by atoms with Crippen LogP contribution in [0.3, 0.4) is 0 Å². The highest BCUT2D eigenvalue weighted by molar-refractivity contribution is 5.86. The molecule has 5 nitrogen and oxygen atoms in total. The van der Waals surface area contributed by atoms with E-state index in [-0.39, 0.29) is 11.8 Å². The molecule has 2 amide bonds. The zero-order valence-corrected chi connectivity index (χ0v) is 10.5. The first-order valence-corrected chi connectivity index (χ1v) is 6.19. The fourth-order valence-corrected chi connectivity index (χ4v) is 2.18. The van der Waals surface area contributed by atoms with E-state index in [4.69, 9.17) is 4.74 Å². The largest absolute Gasteiger partial charge is 0.362 e. The Hall–Kier alpha value is -1.10. The molecule has 0 spiro atoms. The molecule has 96 valence electrons. The molecule has 5 heteroatoms. The molecular formula is C12H20N2O3. The quantitative estimate of drug-likeness (QED) is 0.764. The van der Waals surface area contributed by atoms with Crippen molar-refractivity contribution in [3.05, 3.63) is 0 Å². The SMILES string of the molecule is CNC(=O)[C@@]1(C)CN(C(=O)CC2CC2)CCO1. The number of ether oxygens (including phenoxy) is 1. The fraction of sp³-hybridized carbons (Fsp3) is 0.833. The van der Waals surface area contributed by atoms with Gasteiger partial charge in [-0.3, -0.25) is 9.59 Å². The molecule has 0 aromatic carbocycles. The zero-order valence-electron chi connectivity index (χ0n) is 10.5. The Labute approximate surface area is 101 Å². The Balaban J connectivity index is 1.95. The number of morpholine rings is 1. The summed E-state index contributed by atoms with van der Waals surface area (Å²) in [6, 6.07) is 0. The highest BCUT2D eigenvalue weighted by atomic mass is 16.5. The monoisotopic (exact) mass is 240 g/mol. The number of rotatable bonds is 3. The van der Waals surface area contributed by atoms with Crippen LogP contribution in [0, 0.1) is 5.92 Å². The maximum Gasteiger partial charge on any atom is 0.253 e. The number of nitrogens with zero attached hydrogens (tertiary/aromatic N) is 1. The molecule has 1 aliphatic heterocycles. The van der Waals surface area contributed by atoms with Crippen LogP contribution < -0.4 is 5.32 Å². The van der Waals surface area contributed by atoms with Crippen molar-refractivity contribution in [2.24, 2.45) is 5.92 Å². The van der Waals surface area contributed by atoms with Crippen molar-refractivity contribution < 1.29 is 14.3 Å². The maximum atomic E-state index is 12.0. The molecule has 1 N–H and O–H groups in total. The third-order valence-corrected chi connectivity index (χ3v) is 3.49. The second kappa shape index (κ2) is 4.64. The lowest BCUT2D eigenvalue weighted by Gasteiger charge is -2.39. The summed E-state index contributed by atoms with van der Waals surface area (Å²) in [4.78, 5) is 25.5. The van der Waals surface area contributed by atoms with E-state index in [0.717, 1.165) is 0 Å². The van der Waals surface area contributed by atoms with Crippen LogP contribution in [0.2, 0.25) is 0 Å². The van der Waals surface area contributed by atoms with Gasteiger partial charge in [-0.2, -0.15) is 0 Å². The Bertz CT molecular complexity index is 328. The summed E-state index contributed by atoms with van der Waals surface area (Å²) < 4.78 is 5.51. The molecule has 0 radical (unpaired) electrons. The summed E-state index contributed by atoms with van der Waals surface area (Å²) in [6.07, 6.45) is 2.97. The molecule has 17 heavy (non-hydrogen) atoms. The molecular weight excluding hydrogens is 220 g/mol. The molecule has 0 aromatic rings. The molecule has 2 rings (SSSR count). The smallest absolute Gasteiger partial charge is 0.253 e. The first-order valence-electron chi connectivity index (χ1n) is 6.19. The van der Waals surface area contributed by atoms with E-state index in [2.05, 4.69) is 5.32 Å². The topological polar surface area (TPSA) is 58.6 Å². The van der Waals surface area contributed by atoms with Gasteiger partial charge < -0.3 is 15.0 Å². The molecule has 0 unspecified atom stereocenters. The summed E-state index contributed by atoms with van der Waals surface area (Å²) in [5.74, 6) is 0.573. The van der Waals surface area contributed by atoms with Gasteiger partial charge in [0.1, 0.15) is 0 Å². The van der Waals surface area contributed by atoms with Crippen molar-refractivity contribution in [3.8, 4) is 0 Å².